The minimum Gasteiger partial charge on any atom is -0.394 e. The van der Waals surface area contributed by atoms with Crippen molar-refractivity contribution < 1.29 is 23.1 Å². The van der Waals surface area contributed by atoms with Crippen molar-refractivity contribution >= 4 is 22.2 Å². The van der Waals surface area contributed by atoms with Gasteiger partial charge in [0, 0.05) is 5.56 Å². The van der Waals surface area contributed by atoms with Crippen molar-refractivity contribution in [2.75, 3.05) is 6.61 Å². The third kappa shape index (κ3) is 4.22. The standard InChI is InChI=1S/C26H19F3N4O3/c27-26(28,29)21-22(24(35)31-20(14-34)16-7-2-1-3-8-16)32-33-13-19(30-25(36)23(21)33)18-11-10-15-6-4-5-9-17(15)12-18/h1-13,20,34H,14H2,(H,30,36)(H,31,35)/t20-/m1/s1. The average molecular weight is 492 g/mol. The second-order valence-corrected chi connectivity index (χ2v) is 8.19. The van der Waals surface area contributed by atoms with Crippen LogP contribution < -0.4 is 10.9 Å². The van der Waals surface area contributed by atoms with Crippen LogP contribution in [0.1, 0.15) is 27.7 Å². The number of aliphatic hydroxyl groups is 1. The van der Waals surface area contributed by atoms with E-state index < -0.39 is 47.1 Å². The van der Waals surface area contributed by atoms with Crippen LogP contribution in [0.3, 0.4) is 0 Å². The molecule has 1 amide bonds. The predicted molar refractivity (Wildman–Crippen MR) is 127 cm³/mol. The molecule has 182 valence electrons. The molecule has 3 N–H and O–H groups in total. The SMILES string of the molecule is O=C(N[C@H](CO)c1ccccc1)c1nn2cc(-c3ccc4ccccc4c3)[nH]c(=O)c2c1C(F)(F)F. The molecule has 0 aliphatic heterocycles. The number of aromatic nitrogens is 3. The number of benzene rings is 3. The Hall–Kier alpha value is -4.44. The number of amides is 1. The molecule has 10 heteroatoms. The fourth-order valence-electron chi connectivity index (χ4n) is 4.16. The zero-order valence-electron chi connectivity index (χ0n) is 18.6. The van der Waals surface area contributed by atoms with E-state index >= 15 is 0 Å². The number of aliphatic hydroxyl groups excluding tert-OH is 1. The monoisotopic (exact) mass is 492 g/mol. The van der Waals surface area contributed by atoms with Crippen molar-refractivity contribution in [3.8, 4) is 11.3 Å². The van der Waals surface area contributed by atoms with E-state index in [0.717, 1.165) is 15.3 Å². The highest BCUT2D eigenvalue weighted by molar-refractivity contribution is 5.96. The summed E-state index contributed by atoms with van der Waals surface area (Å²) in [6.07, 6.45) is -3.79. The number of hydrogen-bond donors (Lipinski definition) is 3. The van der Waals surface area contributed by atoms with Gasteiger partial charge in [0.05, 0.1) is 24.5 Å². The maximum absolute atomic E-state index is 14.1. The van der Waals surface area contributed by atoms with E-state index in [9.17, 15) is 27.9 Å². The molecule has 0 unspecified atom stereocenters. The molecule has 0 aliphatic rings. The summed E-state index contributed by atoms with van der Waals surface area (Å²) in [5, 5.41) is 17.8. The van der Waals surface area contributed by atoms with Gasteiger partial charge in [0.1, 0.15) is 11.1 Å². The fourth-order valence-corrected chi connectivity index (χ4v) is 4.16. The molecule has 7 nitrogen and oxygen atoms in total. The van der Waals surface area contributed by atoms with Crippen LogP contribution in [-0.2, 0) is 6.18 Å². The largest absolute Gasteiger partial charge is 0.421 e. The van der Waals surface area contributed by atoms with Gasteiger partial charge in [0.15, 0.2) is 5.69 Å². The Bertz CT molecular complexity index is 1640. The second kappa shape index (κ2) is 8.97. The quantitative estimate of drug-likeness (QED) is 0.340. The molecule has 0 bridgehead atoms. The third-order valence-corrected chi connectivity index (χ3v) is 5.87. The highest BCUT2D eigenvalue weighted by Gasteiger charge is 2.42. The molecule has 2 aromatic heterocycles. The highest BCUT2D eigenvalue weighted by Crippen LogP contribution is 2.35. The zero-order valence-corrected chi connectivity index (χ0v) is 18.6. The number of nitrogens with zero attached hydrogens (tertiary/aromatic N) is 2. The van der Waals surface area contributed by atoms with Crippen molar-refractivity contribution in [1.29, 1.82) is 0 Å². The van der Waals surface area contributed by atoms with Crippen LogP contribution in [0.2, 0.25) is 0 Å². The first-order valence-corrected chi connectivity index (χ1v) is 10.9. The number of H-pyrrole nitrogens is 1. The number of alkyl halides is 3. The number of rotatable bonds is 5. The topological polar surface area (TPSA) is 99.5 Å². The van der Waals surface area contributed by atoms with Gasteiger partial charge in [-0.15, -0.1) is 0 Å². The lowest BCUT2D eigenvalue weighted by molar-refractivity contribution is -0.136. The maximum Gasteiger partial charge on any atom is 0.421 e. The molecular formula is C26H19F3N4O3. The lowest BCUT2D eigenvalue weighted by atomic mass is 10.1. The van der Waals surface area contributed by atoms with Crippen LogP contribution in [0, 0.1) is 0 Å². The summed E-state index contributed by atoms with van der Waals surface area (Å²) >= 11 is 0. The number of nitrogens with one attached hydrogen (secondary N) is 2. The number of fused-ring (bicyclic) bond motifs is 2. The Morgan fingerprint density at radius 3 is 2.42 bits per heavy atom. The van der Waals surface area contributed by atoms with E-state index in [1.54, 1.807) is 42.5 Å². The van der Waals surface area contributed by atoms with Gasteiger partial charge in [0.25, 0.3) is 11.5 Å². The van der Waals surface area contributed by atoms with E-state index in [4.69, 9.17) is 0 Å². The first-order chi connectivity index (χ1) is 17.3. The van der Waals surface area contributed by atoms with Gasteiger partial charge in [-0.2, -0.15) is 18.3 Å². The maximum atomic E-state index is 14.1. The molecule has 0 radical (unpaired) electrons. The minimum atomic E-state index is -5.03. The van der Waals surface area contributed by atoms with Gasteiger partial charge in [-0.1, -0.05) is 66.7 Å². The van der Waals surface area contributed by atoms with Crippen LogP contribution in [0.15, 0.2) is 83.8 Å². The first kappa shape index (κ1) is 23.3. The van der Waals surface area contributed by atoms with Gasteiger partial charge >= 0.3 is 6.18 Å². The van der Waals surface area contributed by atoms with Crippen LogP contribution in [0.25, 0.3) is 27.5 Å². The molecule has 0 saturated carbocycles. The number of carbonyl (C=O) groups is 1. The minimum absolute atomic E-state index is 0.235. The van der Waals surface area contributed by atoms with Crippen LogP contribution in [-0.4, -0.2) is 32.2 Å². The lowest BCUT2D eigenvalue weighted by Crippen LogP contribution is -2.32. The Morgan fingerprint density at radius 2 is 1.72 bits per heavy atom. The van der Waals surface area contributed by atoms with E-state index in [0.29, 0.717) is 11.1 Å². The Labute approximate surface area is 201 Å². The smallest absolute Gasteiger partial charge is 0.394 e. The molecule has 0 spiro atoms. The summed E-state index contributed by atoms with van der Waals surface area (Å²) in [4.78, 5) is 28.3. The van der Waals surface area contributed by atoms with Crippen molar-refractivity contribution in [2.45, 2.75) is 12.2 Å². The molecule has 5 aromatic rings. The van der Waals surface area contributed by atoms with E-state index in [-0.39, 0.29) is 5.69 Å². The van der Waals surface area contributed by atoms with E-state index in [1.165, 1.54) is 6.20 Å². The van der Waals surface area contributed by atoms with Crippen LogP contribution in [0.5, 0.6) is 0 Å². The van der Waals surface area contributed by atoms with Gasteiger partial charge in [0.2, 0.25) is 0 Å². The van der Waals surface area contributed by atoms with Crippen molar-refractivity contribution in [3.63, 3.8) is 0 Å². The van der Waals surface area contributed by atoms with Crippen molar-refractivity contribution in [2.24, 2.45) is 0 Å². The fraction of sp³-hybridized carbons (Fsp3) is 0.115. The molecule has 2 heterocycles. The molecule has 0 aliphatic carbocycles. The van der Waals surface area contributed by atoms with Gasteiger partial charge in [-0.25, -0.2) is 4.52 Å². The summed E-state index contributed by atoms with van der Waals surface area (Å²) in [5.41, 5.74) is -2.94. The van der Waals surface area contributed by atoms with Gasteiger partial charge in [-0.3, -0.25) is 9.59 Å². The number of carbonyl (C=O) groups excluding carboxylic acids is 1. The summed E-state index contributed by atoms with van der Waals surface area (Å²) < 4.78 is 42.9. The average Bonchev–Trinajstić information content (AvgIpc) is 3.28. The van der Waals surface area contributed by atoms with Crippen molar-refractivity contribution in [3.05, 3.63) is 106 Å². The molecule has 1 atom stereocenters. The second-order valence-electron chi connectivity index (χ2n) is 8.19. The molecule has 0 fully saturated rings. The molecule has 0 saturated heterocycles. The molecular weight excluding hydrogens is 473 g/mol. The predicted octanol–water partition coefficient (Wildman–Crippen LogP) is 4.33. The zero-order chi connectivity index (χ0) is 25.4. The van der Waals surface area contributed by atoms with E-state index in [2.05, 4.69) is 15.4 Å². The molecule has 36 heavy (non-hydrogen) atoms. The van der Waals surface area contributed by atoms with Crippen molar-refractivity contribution in [1.82, 2.24) is 19.9 Å². The summed E-state index contributed by atoms with van der Waals surface area (Å²) in [6.45, 7) is -0.544. The summed E-state index contributed by atoms with van der Waals surface area (Å²) in [7, 11) is 0. The van der Waals surface area contributed by atoms with E-state index in [1.807, 2.05) is 30.3 Å². The van der Waals surface area contributed by atoms with Crippen LogP contribution >= 0.6 is 0 Å². The Balaban J connectivity index is 1.61. The number of hydrogen-bond acceptors (Lipinski definition) is 4. The summed E-state index contributed by atoms with van der Waals surface area (Å²) in [6, 6.07) is 20.2. The number of aromatic amines is 1. The Kier molecular flexibility index (Phi) is 5.81. The molecule has 3 aromatic carbocycles. The molecule has 5 rings (SSSR count). The first-order valence-electron chi connectivity index (χ1n) is 10.9. The number of halogens is 3. The highest BCUT2D eigenvalue weighted by atomic mass is 19.4. The third-order valence-electron chi connectivity index (χ3n) is 5.87. The summed E-state index contributed by atoms with van der Waals surface area (Å²) in [5.74, 6) is -1.17. The van der Waals surface area contributed by atoms with Gasteiger partial charge in [-0.05, 0) is 22.4 Å². The van der Waals surface area contributed by atoms with Crippen LogP contribution in [0.4, 0.5) is 13.2 Å². The lowest BCUT2D eigenvalue weighted by Gasteiger charge is -2.16. The Morgan fingerprint density at radius 1 is 1.03 bits per heavy atom. The van der Waals surface area contributed by atoms with Gasteiger partial charge < -0.3 is 15.4 Å². The normalized spacial score (nSPS) is 12.7.